The molecule has 0 unspecified atom stereocenters. The van der Waals surface area contributed by atoms with Crippen molar-refractivity contribution in [1.82, 2.24) is 14.9 Å². The number of halogens is 4. The zero-order chi connectivity index (χ0) is 22.6. The second-order valence-electron chi connectivity index (χ2n) is 7.08. The van der Waals surface area contributed by atoms with Crippen molar-refractivity contribution in [3.63, 3.8) is 0 Å². The number of benzene rings is 2. The molecular formula is C21H21ClF3N5O. The largest absolute Gasteiger partial charge is 0.417 e. The highest BCUT2D eigenvalue weighted by Crippen LogP contribution is 2.35. The summed E-state index contributed by atoms with van der Waals surface area (Å²) in [4.78, 5) is 21.1. The highest BCUT2D eigenvalue weighted by molar-refractivity contribution is 6.31. The zero-order valence-corrected chi connectivity index (χ0v) is 17.2. The van der Waals surface area contributed by atoms with Gasteiger partial charge >= 0.3 is 6.18 Å². The maximum Gasteiger partial charge on any atom is 0.417 e. The third-order valence-corrected chi connectivity index (χ3v) is 5.29. The predicted molar refractivity (Wildman–Crippen MR) is 114 cm³/mol. The number of carbonyl (C=O) groups is 1. The molecule has 1 saturated heterocycles. The molecule has 1 aliphatic rings. The van der Waals surface area contributed by atoms with Gasteiger partial charge in [-0.25, -0.2) is 9.97 Å². The van der Waals surface area contributed by atoms with Crippen molar-refractivity contribution in [1.29, 1.82) is 0 Å². The first-order chi connectivity index (χ1) is 14.7. The molecule has 0 bridgehead atoms. The molecule has 10 heteroatoms. The van der Waals surface area contributed by atoms with E-state index in [0.717, 1.165) is 25.7 Å². The van der Waals surface area contributed by atoms with Crippen LogP contribution in [0.2, 0.25) is 5.02 Å². The number of amides is 1. The fourth-order valence-corrected chi connectivity index (χ4v) is 3.37. The van der Waals surface area contributed by atoms with Crippen molar-refractivity contribution in [2.24, 2.45) is 5.73 Å². The van der Waals surface area contributed by atoms with Gasteiger partial charge in [0.05, 0.1) is 21.7 Å². The van der Waals surface area contributed by atoms with Crippen LogP contribution in [0.5, 0.6) is 0 Å². The van der Waals surface area contributed by atoms with Crippen LogP contribution in [-0.2, 0) is 12.6 Å². The van der Waals surface area contributed by atoms with E-state index in [4.69, 9.17) is 23.1 Å². The molecule has 0 spiro atoms. The number of nitrogen functional groups attached to an aromatic ring is 1. The number of nitrogens with zero attached hydrogens (tertiary/aromatic N) is 3. The minimum Gasteiger partial charge on any atom is -0.383 e. The molecule has 3 aromatic rings. The van der Waals surface area contributed by atoms with Crippen molar-refractivity contribution >= 4 is 34.2 Å². The Balaban J connectivity index is 0.000000179. The van der Waals surface area contributed by atoms with Crippen LogP contribution in [0.25, 0.3) is 10.9 Å². The Hall–Kier alpha value is -2.91. The maximum absolute atomic E-state index is 12.6. The number of rotatable bonds is 4. The summed E-state index contributed by atoms with van der Waals surface area (Å²) in [6.07, 6.45) is -1.23. The lowest BCUT2D eigenvalue weighted by Gasteiger charge is -2.30. The Morgan fingerprint density at radius 1 is 1.16 bits per heavy atom. The van der Waals surface area contributed by atoms with E-state index in [2.05, 4.69) is 14.9 Å². The second kappa shape index (κ2) is 9.49. The monoisotopic (exact) mass is 451 g/mol. The first-order valence-electron chi connectivity index (χ1n) is 9.54. The number of carbonyl (C=O) groups excluding carboxylic acids is 1. The lowest BCUT2D eigenvalue weighted by atomic mass is 10.1. The topological polar surface area (TPSA) is 98.1 Å². The lowest BCUT2D eigenvalue weighted by Crippen LogP contribution is -2.38. The van der Waals surface area contributed by atoms with Gasteiger partial charge in [0.1, 0.15) is 12.1 Å². The summed E-state index contributed by atoms with van der Waals surface area (Å²) >= 11 is 5.55. The molecule has 0 aliphatic carbocycles. The van der Waals surface area contributed by atoms with Gasteiger partial charge in [-0.2, -0.15) is 13.2 Å². The van der Waals surface area contributed by atoms with E-state index in [0.29, 0.717) is 34.3 Å². The molecule has 164 valence electrons. The number of alkyl halides is 3. The fourth-order valence-electron chi connectivity index (χ4n) is 3.14. The van der Waals surface area contributed by atoms with Crippen LogP contribution in [0, 0.1) is 0 Å². The van der Waals surface area contributed by atoms with Gasteiger partial charge in [-0.1, -0.05) is 23.7 Å². The SMILES string of the molecule is FC(F)(F)c1cc(CCN2CCC2)ccc1Cl.NC(=O)c1cccc2c(N)ncnc12. The van der Waals surface area contributed by atoms with Crippen LogP contribution in [0.3, 0.4) is 0 Å². The van der Waals surface area contributed by atoms with Crippen LogP contribution in [0.4, 0.5) is 19.0 Å². The van der Waals surface area contributed by atoms with Gasteiger partial charge in [0.15, 0.2) is 0 Å². The van der Waals surface area contributed by atoms with Crippen LogP contribution in [-0.4, -0.2) is 40.4 Å². The van der Waals surface area contributed by atoms with Crippen LogP contribution >= 0.6 is 11.6 Å². The minimum atomic E-state index is -4.37. The lowest BCUT2D eigenvalue weighted by molar-refractivity contribution is -0.137. The number of likely N-dealkylation sites (tertiary alicyclic amines) is 1. The average molecular weight is 452 g/mol. The number of hydrogen-bond acceptors (Lipinski definition) is 5. The van der Waals surface area contributed by atoms with Crippen molar-refractivity contribution in [2.45, 2.75) is 19.0 Å². The van der Waals surface area contributed by atoms with Crippen molar-refractivity contribution in [3.05, 3.63) is 64.4 Å². The molecule has 1 aromatic heterocycles. The van der Waals surface area contributed by atoms with Crippen molar-refractivity contribution in [3.8, 4) is 0 Å². The minimum absolute atomic E-state index is 0.231. The van der Waals surface area contributed by atoms with E-state index in [-0.39, 0.29) is 5.02 Å². The third-order valence-electron chi connectivity index (χ3n) is 4.96. The molecule has 1 fully saturated rings. The van der Waals surface area contributed by atoms with Crippen LogP contribution < -0.4 is 11.5 Å². The van der Waals surface area contributed by atoms with Gasteiger partial charge in [0, 0.05) is 11.9 Å². The Kier molecular flexibility index (Phi) is 6.97. The number of fused-ring (bicyclic) bond motifs is 1. The normalized spacial score (nSPS) is 13.9. The molecule has 6 nitrogen and oxygen atoms in total. The molecule has 31 heavy (non-hydrogen) atoms. The number of anilines is 1. The summed E-state index contributed by atoms with van der Waals surface area (Å²) in [6, 6.07) is 9.20. The van der Waals surface area contributed by atoms with E-state index in [1.54, 1.807) is 24.3 Å². The number of aromatic nitrogens is 2. The van der Waals surface area contributed by atoms with Gasteiger partial charge in [0.25, 0.3) is 5.91 Å². The summed E-state index contributed by atoms with van der Waals surface area (Å²) in [7, 11) is 0. The average Bonchev–Trinajstić information content (AvgIpc) is 2.67. The van der Waals surface area contributed by atoms with E-state index in [9.17, 15) is 18.0 Å². The van der Waals surface area contributed by atoms with Crippen LogP contribution in [0.1, 0.15) is 27.9 Å². The molecule has 4 rings (SSSR count). The van der Waals surface area contributed by atoms with E-state index >= 15 is 0 Å². The van der Waals surface area contributed by atoms with Crippen LogP contribution in [0.15, 0.2) is 42.7 Å². The smallest absolute Gasteiger partial charge is 0.383 e. The first kappa shape index (κ1) is 22.8. The Labute approximate surface area is 182 Å². The highest BCUT2D eigenvalue weighted by Gasteiger charge is 2.33. The van der Waals surface area contributed by atoms with Gasteiger partial charge in [-0.3, -0.25) is 4.79 Å². The quantitative estimate of drug-likeness (QED) is 0.626. The Bertz CT molecular complexity index is 1090. The molecule has 4 N–H and O–H groups in total. The second-order valence-corrected chi connectivity index (χ2v) is 7.49. The summed E-state index contributed by atoms with van der Waals surface area (Å²) in [5.74, 6) is -0.174. The number of primary amides is 1. The Morgan fingerprint density at radius 3 is 2.52 bits per heavy atom. The first-order valence-corrected chi connectivity index (χ1v) is 9.91. The van der Waals surface area contributed by atoms with Gasteiger partial charge in [-0.05, 0) is 55.8 Å². The molecule has 0 atom stereocenters. The third kappa shape index (κ3) is 5.62. The molecule has 0 saturated carbocycles. The van der Waals surface area contributed by atoms with E-state index in [1.165, 1.54) is 18.8 Å². The molecule has 2 heterocycles. The summed E-state index contributed by atoms with van der Waals surface area (Å²) in [6.45, 7) is 2.93. The van der Waals surface area contributed by atoms with Gasteiger partial charge in [0.2, 0.25) is 0 Å². The molecule has 1 aliphatic heterocycles. The van der Waals surface area contributed by atoms with E-state index in [1.807, 2.05) is 0 Å². The maximum atomic E-state index is 12.6. The summed E-state index contributed by atoms with van der Waals surface area (Å²) in [5.41, 5.74) is 11.6. The van der Waals surface area contributed by atoms with Crippen molar-refractivity contribution in [2.75, 3.05) is 25.4 Å². The predicted octanol–water partition coefficient (Wildman–Crippen LogP) is 3.92. The summed E-state index contributed by atoms with van der Waals surface area (Å²) < 4.78 is 37.8. The Morgan fingerprint density at radius 2 is 1.90 bits per heavy atom. The van der Waals surface area contributed by atoms with Crippen molar-refractivity contribution < 1.29 is 18.0 Å². The standard InChI is InChI=1S/C12H13ClF3N.C9H8N4O/c13-11-3-2-9(4-7-17-5-1-6-17)8-10(11)12(14,15)16;10-8-5-2-1-3-6(9(11)14)7(5)12-4-13-8/h2-3,8H,1,4-7H2;1-4H,(H2,11,14)(H2,10,12,13). The molecule has 0 radical (unpaired) electrons. The summed E-state index contributed by atoms with van der Waals surface area (Å²) in [5, 5.41) is 0.411. The van der Waals surface area contributed by atoms with E-state index < -0.39 is 17.6 Å². The zero-order valence-electron chi connectivity index (χ0n) is 16.5. The number of hydrogen-bond donors (Lipinski definition) is 2. The number of nitrogens with two attached hydrogens (primary N) is 2. The molecular weight excluding hydrogens is 431 g/mol. The number of para-hydroxylation sites is 1. The molecule has 2 aromatic carbocycles. The van der Waals surface area contributed by atoms with Gasteiger partial charge in [-0.15, -0.1) is 0 Å². The highest BCUT2D eigenvalue weighted by atomic mass is 35.5. The van der Waals surface area contributed by atoms with Gasteiger partial charge < -0.3 is 16.4 Å². The fraction of sp³-hybridized carbons (Fsp3) is 0.286. The molecule has 1 amide bonds.